The Morgan fingerprint density at radius 2 is 2.23 bits per heavy atom. The van der Waals surface area contributed by atoms with Gasteiger partial charge in [0.25, 0.3) is 0 Å². The zero-order valence-corrected chi connectivity index (χ0v) is 7.53. The molecule has 1 unspecified atom stereocenters. The third kappa shape index (κ3) is 3.70. The zero-order valence-electron chi connectivity index (χ0n) is 7.53. The summed E-state index contributed by atoms with van der Waals surface area (Å²) < 4.78 is 5.24. The van der Waals surface area contributed by atoms with Gasteiger partial charge in [-0.3, -0.25) is 10.7 Å². The Morgan fingerprint density at radius 3 is 2.85 bits per heavy atom. The summed E-state index contributed by atoms with van der Waals surface area (Å²) >= 11 is 0. The maximum absolute atomic E-state index is 5.52. The molecule has 2 N–H and O–H groups in total. The van der Waals surface area contributed by atoms with Gasteiger partial charge in [-0.15, -0.1) is 5.92 Å². The summed E-state index contributed by atoms with van der Waals surface area (Å²) in [6, 6.07) is 3.76. The average Bonchev–Trinajstić information content (AvgIpc) is 2.17. The summed E-state index contributed by atoms with van der Waals surface area (Å²) in [7, 11) is 0. The Labute approximate surface area is 77.9 Å². The van der Waals surface area contributed by atoms with Gasteiger partial charge in [0.15, 0.2) is 6.23 Å². The van der Waals surface area contributed by atoms with Crippen molar-refractivity contribution in [1.82, 2.24) is 4.98 Å². The highest BCUT2D eigenvalue weighted by Gasteiger charge is 1.96. The molecule has 0 aromatic carbocycles. The van der Waals surface area contributed by atoms with Crippen molar-refractivity contribution in [2.24, 2.45) is 5.73 Å². The first kappa shape index (κ1) is 9.72. The smallest absolute Gasteiger partial charge is 0.169 e. The van der Waals surface area contributed by atoms with Gasteiger partial charge in [0.1, 0.15) is 0 Å². The molecule has 0 aliphatic heterocycles. The highest BCUT2D eigenvalue weighted by atomic mass is 16.5. The van der Waals surface area contributed by atoms with E-state index in [9.17, 15) is 0 Å². The van der Waals surface area contributed by atoms with Crippen molar-refractivity contribution >= 4 is 0 Å². The van der Waals surface area contributed by atoms with Gasteiger partial charge in [-0.05, 0) is 24.6 Å². The number of rotatable bonds is 3. The van der Waals surface area contributed by atoms with E-state index in [2.05, 4.69) is 16.8 Å². The number of hydrogen-bond acceptors (Lipinski definition) is 3. The van der Waals surface area contributed by atoms with Crippen LogP contribution in [0.3, 0.4) is 0 Å². The van der Waals surface area contributed by atoms with E-state index in [0.29, 0.717) is 6.61 Å². The van der Waals surface area contributed by atoms with E-state index >= 15 is 0 Å². The second-order valence-electron chi connectivity index (χ2n) is 2.48. The number of hydrogen-bond donors (Lipinski definition) is 1. The molecule has 0 radical (unpaired) electrons. The van der Waals surface area contributed by atoms with Crippen LogP contribution in [0.4, 0.5) is 0 Å². The standard InChI is InChI=1S/C10H12N2O/c1-2-3-10(11)13-8-9-4-6-12-7-5-9/h4-7,10H,8,11H2,1H3. The van der Waals surface area contributed by atoms with Crippen LogP contribution in [0.25, 0.3) is 0 Å². The van der Waals surface area contributed by atoms with Gasteiger partial charge in [-0.1, -0.05) is 5.92 Å². The minimum Gasteiger partial charge on any atom is -0.347 e. The Bertz CT molecular complexity index is 300. The van der Waals surface area contributed by atoms with Crippen molar-refractivity contribution in [3.63, 3.8) is 0 Å². The Balaban J connectivity index is 2.38. The third-order valence-corrected chi connectivity index (χ3v) is 1.47. The molecule has 1 aromatic heterocycles. The lowest BCUT2D eigenvalue weighted by Gasteiger charge is -2.05. The Morgan fingerprint density at radius 1 is 1.54 bits per heavy atom. The van der Waals surface area contributed by atoms with Crippen molar-refractivity contribution in [2.45, 2.75) is 19.8 Å². The van der Waals surface area contributed by atoms with Crippen molar-refractivity contribution in [1.29, 1.82) is 0 Å². The predicted molar refractivity (Wildman–Crippen MR) is 50.5 cm³/mol. The fourth-order valence-electron chi connectivity index (χ4n) is 0.849. The zero-order chi connectivity index (χ0) is 9.52. The lowest BCUT2D eigenvalue weighted by atomic mass is 10.3. The van der Waals surface area contributed by atoms with Crippen LogP contribution in [0.1, 0.15) is 12.5 Å². The summed E-state index contributed by atoms with van der Waals surface area (Å²) in [6.07, 6.45) is 2.93. The van der Waals surface area contributed by atoms with Gasteiger partial charge >= 0.3 is 0 Å². The summed E-state index contributed by atoms with van der Waals surface area (Å²) in [5.74, 6) is 5.40. The monoisotopic (exact) mass is 176 g/mol. The number of aromatic nitrogens is 1. The quantitative estimate of drug-likeness (QED) is 0.550. The molecule has 3 nitrogen and oxygen atoms in total. The first-order valence-corrected chi connectivity index (χ1v) is 4.01. The summed E-state index contributed by atoms with van der Waals surface area (Å²) in [5.41, 5.74) is 6.57. The van der Waals surface area contributed by atoms with E-state index in [1.54, 1.807) is 19.3 Å². The molecule has 0 aliphatic rings. The van der Waals surface area contributed by atoms with Gasteiger partial charge in [0, 0.05) is 12.4 Å². The molecule has 13 heavy (non-hydrogen) atoms. The first-order chi connectivity index (χ1) is 6.33. The molecule has 0 bridgehead atoms. The Kier molecular flexibility index (Phi) is 3.97. The second kappa shape index (κ2) is 5.31. The number of pyridine rings is 1. The molecule has 0 saturated carbocycles. The van der Waals surface area contributed by atoms with Crippen LogP contribution >= 0.6 is 0 Å². The molecule has 0 spiro atoms. The molecule has 3 heteroatoms. The normalized spacial score (nSPS) is 11.5. The average molecular weight is 176 g/mol. The number of ether oxygens (including phenoxy) is 1. The summed E-state index contributed by atoms with van der Waals surface area (Å²) in [4.78, 5) is 3.89. The molecule has 1 aromatic rings. The largest absolute Gasteiger partial charge is 0.347 e. The SMILES string of the molecule is CC#CC(N)OCc1ccncc1. The molecule has 1 atom stereocenters. The van der Waals surface area contributed by atoms with Crippen molar-refractivity contribution in [3.05, 3.63) is 30.1 Å². The first-order valence-electron chi connectivity index (χ1n) is 4.01. The van der Waals surface area contributed by atoms with Gasteiger partial charge in [0.05, 0.1) is 6.61 Å². The highest BCUT2D eigenvalue weighted by molar-refractivity contribution is 5.08. The minimum absolute atomic E-state index is 0.471. The van der Waals surface area contributed by atoms with Crippen molar-refractivity contribution in [3.8, 4) is 11.8 Å². The lowest BCUT2D eigenvalue weighted by molar-refractivity contribution is 0.0824. The number of nitrogens with zero attached hydrogens (tertiary/aromatic N) is 1. The van der Waals surface area contributed by atoms with Crippen LogP contribution < -0.4 is 5.73 Å². The van der Waals surface area contributed by atoms with Crippen LogP contribution in [0.5, 0.6) is 0 Å². The van der Waals surface area contributed by atoms with E-state index in [0.717, 1.165) is 5.56 Å². The molecular weight excluding hydrogens is 164 g/mol. The fourth-order valence-corrected chi connectivity index (χ4v) is 0.849. The molecule has 1 heterocycles. The van der Waals surface area contributed by atoms with Crippen LogP contribution in [0, 0.1) is 11.8 Å². The molecular formula is C10H12N2O. The van der Waals surface area contributed by atoms with Crippen LogP contribution in [0.2, 0.25) is 0 Å². The topological polar surface area (TPSA) is 48.1 Å². The second-order valence-corrected chi connectivity index (χ2v) is 2.48. The van der Waals surface area contributed by atoms with E-state index in [1.807, 2.05) is 12.1 Å². The minimum atomic E-state index is -0.502. The molecule has 0 aliphatic carbocycles. The van der Waals surface area contributed by atoms with Gasteiger partial charge < -0.3 is 4.74 Å². The van der Waals surface area contributed by atoms with Gasteiger partial charge in [0.2, 0.25) is 0 Å². The van der Waals surface area contributed by atoms with Gasteiger partial charge in [-0.25, -0.2) is 0 Å². The maximum Gasteiger partial charge on any atom is 0.169 e. The van der Waals surface area contributed by atoms with Crippen LogP contribution in [-0.4, -0.2) is 11.2 Å². The molecule has 1 rings (SSSR count). The molecule has 0 saturated heterocycles. The summed E-state index contributed by atoms with van der Waals surface area (Å²) in [6.45, 7) is 2.20. The summed E-state index contributed by atoms with van der Waals surface area (Å²) in [5, 5.41) is 0. The number of nitrogens with two attached hydrogens (primary N) is 1. The lowest BCUT2D eigenvalue weighted by Crippen LogP contribution is -2.21. The van der Waals surface area contributed by atoms with Crippen molar-refractivity contribution < 1.29 is 4.74 Å². The maximum atomic E-state index is 5.52. The van der Waals surface area contributed by atoms with Crippen molar-refractivity contribution in [2.75, 3.05) is 0 Å². The predicted octanol–water partition coefficient (Wildman–Crippen LogP) is 0.906. The van der Waals surface area contributed by atoms with Gasteiger partial charge in [-0.2, -0.15) is 0 Å². The highest BCUT2D eigenvalue weighted by Crippen LogP contribution is 1.99. The fraction of sp³-hybridized carbons (Fsp3) is 0.300. The van der Waals surface area contributed by atoms with E-state index in [4.69, 9.17) is 10.5 Å². The van der Waals surface area contributed by atoms with E-state index in [1.165, 1.54) is 0 Å². The molecule has 68 valence electrons. The Hall–Kier alpha value is -1.37. The van der Waals surface area contributed by atoms with Crippen LogP contribution in [-0.2, 0) is 11.3 Å². The molecule has 0 amide bonds. The van der Waals surface area contributed by atoms with E-state index in [-0.39, 0.29) is 0 Å². The van der Waals surface area contributed by atoms with E-state index < -0.39 is 6.23 Å². The molecule has 0 fully saturated rings. The van der Waals surface area contributed by atoms with Crippen LogP contribution in [0.15, 0.2) is 24.5 Å². The third-order valence-electron chi connectivity index (χ3n) is 1.47.